The predicted molar refractivity (Wildman–Crippen MR) is 93.1 cm³/mol. The molecule has 1 aliphatic heterocycles. The summed E-state index contributed by atoms with van der Waals surface area (Å²) in [6, 6.07) is 0. The van der Waals surface area contributed by atoms with Crippen molar-refractivity contribution in [3.05, 3.63) is 24.8 Å². The van der Waals surface area contributed by atoms with Crippen LogP contribution in [0.15, 0.2) is 24.8 Å². The Hall–Kier alpha value is -2.01. The third-order valence-electron chi connectivity index (χ3n) is 3.92. The molecule has 4 atom stereocenters. The maximum atomic E-state index is 11.8. The number of aromatic nitrogens is 4. The van der Waals surface area contributed by atoms with Crippen LogP contribution in [0.25, 0.3) is 11.2 Å². The van der Waals surface area contributed by atoms with E-state index in [4.69, 9.17) is 4.74 Å². The molecule has 0 radical (unpaired) electrons. The van der Waals surface area contributed by atoms with Gasteiger partial charge in [0.15, 0.2) is 23.2 Å². The van der Waals surface area contributed by atoms with Crippen LogP contribution in [-0.2, 0) is 9.53 Å². The zero-order valence-electron chi connectivity index (χ0n) is 13.8. The number of thioether (sulfide) groups is 1. The lowest BCUT2D eigenvalue weighted by Crippen LogP contribution is -2.32. The maximum Gasteiger partial charge on any atom is 0.251 e. The molecule has 0 unspecified atom stereocenters. The van der Waals surface area contributed by atoms with Gasteiger partial charge in [0, 0.05) is 11.3 Å². The van der Waals surface area contributed by atoms with E-state index in [9.17, 15) is 15.0 Å². The van der Waals surface area contributed by atoms with Crippen molar-refractivity contribution in [3.8, 4) is 0 Å². The second kappa shape index (κ2) is 7.08. The number of anilines is 1. The minimum atomic E-state index is -1.11. The van der Waals surface area contributed by atoms with Gasteiger partial charge in [0.05, 0.1) is 12.4 Å². The summed E-state index contributed by atoms with van der Waals surface area (Å²) < 4.78 is 7.31. The van der Waals surface area contributed by atoms with Crippen molar-refractivity contribution in [2.24, 2.45) is 0 Å². The molecule has 0 saturated carbocycles. The summed E-state index contributed by atoms with van der Waals surface area (Å²) in [5, 5.41) is 23.1. The molecule has 3 rings (SSSR count). The lowest BCUT2D eigenvalue weighted by molar-refractivity contribution is -0.112. The number of ether oxygens (including phenoxy) is 1. The normalized spacial score (nSPS) is 26.1. The molecule has 0 spiro atoms. The molecule has 3 N–H and O–H groups in total. The smallest absolute Gasteiger partial charge is 0.251 e. The zero-order valence-corrected chi connectivity index (χ0v) is 14.6. The summed E-state index contributed by atoms with van der Waals surface area (Å²) in [4.78, 5) is 24.2. The molecule has 1 fully saturated rings. The van der Waals surface area contributed by atoms with E-state index in [1.807, 2.05) is 6.26 Å². The average Bonchev–Trinajstić information content (AvgIpc) is 3.12. The average molecular weight is 365 g/mol. The molecule has 10 heteroatoms. The lowest BCUT2D eigenvalue weighted by atomic mass is 10.1. The highest BCUT2D eigenvalue weighted by atomic mass is 32.2. The zero-order chi connectivity index (χ0) is 18.1. The van der Waals surface area contributed by atoms with Gasteiger partial charge in [0.1, 0.15) is 18.5 Å². The fourth-order valence-corrected chi connectivity index (χ4v) is 3.21. The first kappa shape index (κ1) is 17.8. The summed E-state index contributed by atoms with van der Waals surface area (Å²) in [6.07, 6.45) is 1.20. The summed E-state index contributed by atoms with van der Waals surface area (Å²) in [7, 11) is 0. The van der Waals surface area contributed by atoms with Gasteiger partial charge in [-0.3, -0.25) is 9.36 Å². The molecule has 0 aromatic carbocycles. The number of fused-ring (bicyclic) bond motifs is 1. The monoisotopic (exact) mass is 365 g/mol. The summed E-state index contributed by atoms with van der Waals surface area (Å²) in [5.74, 6) is 0.420. The van der Waals surface area contributed by atoms with Crippen LogP contribution in [0, 0.1) is 0 Å². The number of hydrogen-bond donors (Lipinski definition) is 3. The van der Waals surface area contributed by atoms with Gasteiger partial charge in [-0.15, -0.1) is 0 Å². The van der Waals surface area contributed by atoms with Crippen LogP contribution >= 0.6 is 11.8 Å². The quantitative estimate of drug-likeness (QED) is 0.648. The van der Waals surface area contributed by atoms with E-state index >= 15 is 0 Å². The Kier molecular flexibility index (Phi) is 5.04. The van der Waals surface area contributed by atoms with Gasteiger partial charge < -0.3 is 20.3 Å². The lowest BCUT2D eigenvalue weighted by Gasteiger charge is -2.16. The number of hydrogen-bond acceptors (Lipinski definition) is 8. The van der Waals surface area contributed by atoms with E-state index in [1.165, 1.54) is 29.0 Å². The van der Waals surface area contributed by atoms with Crippen LogP contribution < -0.4 is 5.32 Å². The van der Waals surface area contributed by atoms with Crippen molar-refractivity contribution in [3.63, 3.8) is 0 Å². The van der Waals surface area contributed by atoms with Crippen LogP contribution in [0.3, 0.4) is 0 Å². The Balaban J connectivity index is 1.94. The van der Waals surface area contributed by atoms with Crippen molar-refractivity contribution in [2.75, 3.05) is 17.3 Å². The predicted octanol–water partition coefficient (Wildman–Crippen LogP) is 0.323. The fourth-order valence-electron chi connectivity index (χ4n) is 2.60. The Bertz CT molecular complexity index is 810. The number of imidazole rings is 1. The Labute approximate surface area is 148 Å². The van der Waals surface area contributed by atoms with Crippen LogP contribution in [0.2, 0.25) is 0 Å². The molecule has 2 aromatic rings. The molecule has 9 nitrogen and oxygen atoms in total. The van der Waals surface area contributed by atoms with E-state index in [1.54, 1.807) is 6.92 Å². The van der Waals surface area contributed by atoms with E-state index in [-0.39, 0.29) is 11.7 Å². The van der Waals surface area contributed by atoms with Gasteiger partial charge in [-0.25, -0.2) is 15.0 Å². The van der Waals surface area contributed by atoms with Crippen LogP contribution in [0.1, 0.15) is 13.2 Å². The highest BCUT2D eigenvalue weighted by Crippen LogP contribution is 2.33. The maximum absolute atomic E-state index is 11.8. The number of amides is 1. The van der Waals surface area contributed by atoms with Crippen molar-refractivity contribution < 1.29 is 19.7 Å². The number of nitrogens with one attached hydrogen (secondary N) is 1. The molecule has 0 aliphatic carbocycles. The number of rotatable bonds is 5. The van der Waals surface area contributed by atoms with Gasteiger partial charge in [-0.2, -0.15) is 11.8 Å². The second-order valence-corrected chi connectivity index (χ2v) is 6.69. The summed E-state index contributed by atoms with van der Waals surface area (Å²) >= 11 is 1.52. The van der Waals surface area contributed by atoms with Gasteiger partial charge in [-0.1, -0.05) is 6.58 Å². The first-order valence-electron chi connectivity index (χ1n) is 7.59. The van der Waals surface area contributed by atoms with Gasteiger partial charge in [0.2, 0.25) is 0 Å². The SMILES string of the molecule is C=C(C)C(=O)Nc1ncnc2c1ncn2[C@@H]1O[C@H](CSC)[C@@H](O)[C@H]1O. The third kappa shape index (κ3) is 3.25. The van der Waals surface area contributed by atoms with Crippen molar-refractivity contribution >= 4 is 34.7 Å². The van der Waals surface area contributed by atoms with Crippen molar-refractivity contribution in [1.82, 2.24) is 19.5 Å². The minimum absolute atomic E-state index is 0.241. The Morgan fingerprint density at radius 3 is 2.84 bits per heavy atom. The summed E-state index contributed by atoms with van der Waals surface area (Å²) in [5.41, 5.74) is 1.08. The highest BCUT2D eigenvalue weighted by Gasteiger charge is 2.44. The molecule has 1 saturated heterocycles. The van der Waals surface area contributed by atoms with Crippen LogP contribution in [0.5, 0.6) is 0 Å². The molecular weight excluding hydrogens is 346 g/mol. The van der Waals surface area contributed by atoms with Crippen LogP contribution in [0.4, 0.5) is 5.82 Å². The molecule has 1 amide bonds. The van der Waals surface area contributed by atoms with E-state index in [0.717, 1.165) is 0 Å². The second-order valence-electron chi connectivity index (χ2n) is 5.78. The number of carbonyl (C=O) groups excluding carboxylic acids is 1. The van der Waals surface area contributed by atoms with Gasteiger partial charge >= 0.3 is 0 Å². The number of aliphatic hydroxyl groups is 2. The van der Waals surface area contributed by atoms with Crippen molar-refractivity contribution in [2.45, 2.75) is 31.5 Å². The number of nitrogens with zero attached hydrogens (tertiary/aromatic N) is 4. The Morgan fingerprint density at radius 1 is 1.40 bits per heavy atom. The molecule has 0 bridgehead atoms. The standard InChI is InChI=1S/C15H19N5O4S/c1-7(2)14(23)19-12-9-13(17-5-16-12)20(6-18-9)15-11(22)10(21)8(24-15)4-25-3/h5-6,8,10-11,15,21-22H,1,4H2,2-3H3,(H,16,17,19,23)/t8-,10-,11-,15-/m1/s1. The first-order chi connectivity index (χ1) is 11.9. The Morgan fingerprint density at radius 2 is 2.16 bits per heavy atom. The van der Waals surface area contributed by atoms with Crippen LogP contribution in [-0.4, -0.2) is 66.0 Å². The van der Waals surface area contributed by atoms with E-state index < -0.39 is 24.5 Å². The highest BCUT2D eigenvalue weighted by molar-refractivity contribution is 7.98. The molecular formula is C15H19N5O4S. The van der Waals surface area contributed by atoms with Gasteiger partial charge in [-0.05, 0) is 13.2 Å². The minimum Gasteiger partial charge on any atom is -0.387 e. The fraction of sp³-hybridized carbons (Fsp3) is 0.467. The van der Waals surface area contributed by atoms with E-state index in [2.05, 4.69) is 26.8 Å². The molecule has 25 heavy (non-hydrogen) atoms. The molecule has 3 heterocycles. The first-order valence-corrected chi connectivity index (χ1v) is 8.98. The van der Waals surface area contributed by atoms with E-state index in [0.29, 0.717) is 22.5 Å². The molecule has 2 aromatic heterocycles. The largest absolute Gasteiger partial charge is 0.387 e. The molecule has 1 aliphatic rings. The van der Waals surface area contributed by atoms with Gasteiger partial charge in [0.25, 0.3) is 5.91 Å². The van der Waals surface area contributed by atoms with Crippen molar-refractivity contribution in [1.29, 1.82) is 0 Å². The topological polar surface area (TPSA) is 122 Å². The summed E-state index contributed by atoms with van der Waals surface area (Å²) in [6.45, 7) is 5.17. The number of carbonyl (C=O) groups is 1. The number of aliphatic hydroxyl groups excluding tert-OH is 2. The third-order valence-corrected chi connectivity index (χ3v) is 4.58. The molecule has 134 valence electrons.